The lowest BCUT2D eigenvalue weighted by molar-refractivity contribution is -0.340. The van der Waals surface area contributed by atoms with Gasteiger partial charge in [0.1, 0.15) is 11.5 Å². The van der Waals surface area contributed by atoms with Crippen LogP contribution in [-0.4, -0.2) is 44.9 Å². The van der Waals surface area contributed by atoms with Crippen molar-refractivity contribution in [2.45, 2.75) is 26.4 Å². The van der Waals surface area contributed by atoms with Gasteiger partial charge in [0.2, 0.25) is 12.6 Å². The lowest BCUT2D eigenvalue weighted by atomic mass is 10.2. The smallest absolute Gasteiger partial charge is 0.497 e. The van der Waals surface area contributed by atoms with E-state index in [-0.39, 0.29) is 11.1 Å². The average molecular weight is 450 g/mol. The maximum Gasteiger partial charge on any atom is 0.513 e. The first-order valence-electron chi connectivity index (χ1n) is 9.23. The third kappa shape index (κ3) is 7.78. The van der Waals surface area contributed by atoms with Crippen molar-refractivity contribution in [1.82, 2.24) is 0 Å². The summed E-state index contributed by atoms with van der Waals surface area (Å²) in [7, 11) is 2.90. The van der Waals surface area contributed by atoms with Gasteiger partial charge in [0, 0.05) is 13.8 Å². The van der Waals surface area contributed by atoms with Gasteiger partial charge >= 0.3 is 18.1 Å². The van der Waals surface area contributed by atoms with Crippen molar-refractivity contribution in [3.8, 4) is 11.5 Å². The van der Waals surface area contributed by atoms with Crippen molar-refractivity contribution < 1.29 is 52.9 Å². The third-order valence-electron chi connectivity index (χ3n) is 3.65. The molecular formula is C21H22O11. The maximum absolute atomic E-state index is 11.9. The molecule has 0 heterocycles. The molecule has 11 nitrogen and oxygen atoms in total. The second kappa shape index (κ2) is 12.1. The van der Waals surface area contributed by atoms with Crippen molar-refractivity contribution in [3.05, 3.63) is 59.7 Å². The van der Waals surface area contributed by atoms with Gasteiger partial charge in [-0.15, -0.1) is 9.78 Å². The molecule has 32 heavy (non-hydrogen) atoms. The Labute approximate surface area is 183 Å². The molecule has 0 N–H and O–H groups in total. The Bertz CT molecular complexity index is 854. The number of carbonyl (C=O) groups is 3. The first-order valence-corrected chi connectivity index (χ1v) is 9.23. The first kappa shape index (κ1) is 24.4. The van der Waals surface area contributed by atoms with E-state index in [0.29, 0.717) is 11.5 Å². The molecule has 2 unspecified atom stereocenters. The van der Waals surface area contributed by atoms with Crippen molar-refractivity contribution >= 4 is 18.1 Å². The van der Waals surface area contributed by atoms with E-state index in [1.165, 1.54) is 52.3 Å². The van der Waals surface area contributed by atoms with E-state index in [1.807, 2.05) is 0 Å². The summed E-state index contributed by atoms with van der Waals surface area (Å²) in [5.74, 6) is -0.746. The number of ether oxygens (including phenoxy) is 4. The molecule has 172 valence electrons. The highest BCUT2D eigenvalue weighted by atomic mass is 17.2. The molecule has 0 amide bonds. The van der Waals surface area contributed by atoms with Crippen molar-refractivity contribution in [3.63, 3.8) is 0 Å². The number of hydrogen-bond acceptors (Lipinski definition) is 11. The molecule has 0 aliphatic rings. The van der Waals surface area contributed by atoms with E-state index in [4.69, 9.17) is 28.7 Å². The second-order valence-electron chi connectivity index (χ2n) is 6.02. The minimum Gasteiger partial charge on any atom is -0.497 e. The fourth-order valence-electron chi connectivity index (χ4n) is 2.16. The summed E-state index contributed by atoms with van der Waals surface area (Å²) in [6, 6.07) is 12.3. The number of benzene rings is 2. The quantitative estimate of drug-likeness (QED) is 0.229. The zero-order valence-electron chi connectivity index (χ0n) is 17.8. The van der Waals surface area contributed by atoms with Crippen LogP contribution in [0.15, 0.2) is 48.5 Å². The average Bonchev–Trinajstić information content (AvgIpc) is 2.80. The van der Waals surface area contributed by atoms with Crippen molar-refractivity contribution in [2.75, 3.05) is 14.2 Å². The van der Waals surface area contributed by atoms with Gasteiger partial charge in [-0.1, -0.05) is 12.1 Å². The van der Waals surface area contributed by atoms with E-state index >= 15 is 0 Å². The standard InChI is InChI=1S/C21H22O11/c1-13(29-31-19(22)15-7-5-9-17(11-15)25-3)27-21(24)28-14(2)30-32-20(23)16-8-6-10-18(12-16)26-4/h5-14H,1-4H3. The Balaban J connectivity index is 1.71. The van der Waals surface area contributed by atoms with Crippen LogP contribution < -0.4 is 9.47 Å². The van der Waals surface area contributed by atoms with Crippen molar-refractivity contribution in [2.24, 2.45) is 0 Å². The molecule has 2 aromatic carbocycles. The minimum absolute atomic E-state index is 0.166. The zero-order valence-corrected chi connectivity index (χ0v) is 17.8. The summed E-state index contributed by atoms with van der Waals surface area (Å²) in [6.45, 7) is 2.57. The molecule has 0 saturated carbocycles. The predicted octanol–water partition coefficient (Wildman–Crippen LogP) is 3.43. The molecule has 0 saturated heterocycles. The van der Waals surface area contributed by atoms with Gasteiger partial charge in [-0.2, -0.15) is 0 Å². The van der Waals surface area contributed by atoms with Gasteiger partial charge in [0.25, 0.3) is 0 Å². The molecule has 0 bridgehead atoms. The normalized spacial score (nSPS) is 12.1. The molecule has 11 heteroatoms. The van der Waals surface area contributed by atoms with Crippen LogP contribution in [-0.2, 0) is 29.0 Å². The van der Waals surface area contributed by atoms with Crippen LogP contribution >= 0.6 is 0 Å². The molecule has 0 aliphatic carbocycles. The zero-order chi connectivity index (χ0) is 23.5. The van der Waals surface area contributed by atoms with Crippen molar-refractivity contribution in [1.29, 1.82) is 0 Å². The Kier molecular flexibility index (Phi) is 9.26. The maximum atomic E-state index is 11.9. The highest BCUT2D eigenvalue weighted by Crippen LogP contribution is 2.15. The lowest BCUT2D eigenvalue weighted by Gasteiger charge is -2.15. The molecule has 2 aromatic rings. The summed E-state index contributed by atoms with van der Waals surface area (Å²) >= 11 is 0. The first-order chi connectivity index (χ1) is 15.3. The van der Waals surface area contributed by atoms with Gasteiger partial charge in [-0.25, -0.2) is 14.4 Å². The van der Waals surface area contributed by atoms with Crippen LogP contribution in [0.5, 0.6) is 11.5 Å². The largest absolute Gasteiger partial charge is 0.513 e. The number of methoxy groups -OCH3 is 2. The fraction of sp³-hybridized carbons (Fsp3) is 0.286. The van der Waals surface area contributed by atoms with E-state index in [0.717, 1.165) is 0 Å². The monoisotopic (exact) mass is 450 g/mol. The van der Waals surface area contributed by atoms with Gasteiger partial charge in [-0.05, 0) is 36.4 Å². The van der Waals surface area contributed by atoms with Gasteiger partial charge in [-0.3, -0.25) is 9.78 Å². The Morgan fingerprint density at radius 3 is 1.47 bits per heavy atom. The van der Waals surface area contributed by atoms with Crippen LogP contribution in [0.3, 0.4) is 0 Å². The molecule has 0 aromatic heterocycles. The molecule has 0 spiro atoms. The van der Waals surface area contributed by atoms with E-state index in [9.17, 15) is 14.4 Å². The second-order valence-corrected chi connectivity index (χ2v) is 6.02. The molecule has 2 atom stereocenters. The number of hydrogen-bond donors (Lipinski definition) is 0. The molecule has 0 aliphatic heterocycles. The molecule has 0 radical (unpaired) electrons. The fourth-order valence-corrected chi connectivity index (χ4v) is 2.16. The van der Waals surface area contributed by atoms with Crippen LogP contribution in [0, 0.1) is 0 Å². The molecule has 0 fully saturated rings. The van der Waals surface area contributed by atoms with Crippen LogP contribution in [0.1, 0.15) is 34.6 Å². The van der Waals surface area contributed by atoms with Gasteiger partial charge in [0.05, 0.1) is 25.3 Å². The minimum atomic E-state index is -1.30. The number of carbonyl (C=O) groups excluding carboxylic acids is 3. The Morgan fingerprint density at radius 1 is 0.688 bits per heavy atom. The predicted molar refractivity (Wildman–Crippen MR) is 105 cm³/mol. The summed E-state index contributed by atoms with van der Waals surface area (Å²) in [5.41, 5.74) is 0.331. The van der Waals surface area contributed by atoms with E-state index < -0.39 is 30.7 Å². The summed E-state index contributed by atoms with van der Waals surface area (Å²) < 4.78 is 19.5. The van der Waals surface area contributed by atoms with E-state index in [1.54, 1.807) is 24.3 Å². The lowest BCUT2D eigenvalue weighted by Crippen LogP contribution is -2.25. The summed E-state index contributed by atoms with van der Waals surface area (Å²) in [5, 5.41) is 0. The third-order valence-corrected chi connectivity index (χ3v) is 3.65. The summed E-state index contributed by atoms with van der Waals surface area (Å²) in [6.07, 6.45) is -3.83. The SMILES string of the molecule is COc1cccc(C(=O)OOC(C)OC(=O)OC(C)OOC(=O)c2cccc(OC)c2)c1. The molecular weight excluding hydrogens is 428 g/mol. The van der Waals surface area contributed by atoms with E-state index in [2.05, 4.69) is 9.78 Å². The van der Waals surface area contributed by atoms with Crippen LogP contribution in [0.4, 0.5) is 4.79 Å². The summed E-state index contributed by atoms with van der Waals surface area (Å²) in [4.78, 5) is 54.2. The molecule has 2 rings (SSSR count). The van der Waals surface area contributed by atoms with Crippen LogP contribution in [0.2, 0.25) is 0 Å². The highest BCUT2D eigenvalue weighted by molar-refractivity contribution is 5.89. The Hall–Kier alpha value is -3.83. The van der Waals surface area contributed by atoms with Gasteiger partial charge in [0.15, 0.2) is 0 Å². The number of rotatable bonds is 10. The van der Waals surface area contributed by atoms with Gasteiger partial charge < -0.3 is 18.9 Å². The Morgan fingerprint density at radius 2 is 1.09 bits per heavy atom. The van der Waals surface area contributed by atoms with Crippen LogP contribution in [0.25, 0.3) is 0 Å². The highest BCUT2D eigenvalue weighted by Gasteiger charge is 2.20. The topological polar surface area (TPSA) is 125 Å².